The normalized spacial score (nSPS) is 24.8. The van der Waals surface area contributed by atoms with Gasteiger partial charge in [-0.05, 0) is 16.7 Å². The molecule has 1 N–H and O–H groups in total. The van der Waals surface area contributed by atoms with Crippen LogP contribution >= 0.6 is 0 Å². The van der Waals surface area contributed by atoms with E-state index in [1.165, 1.54) is 0 Å². The summed E-state index contributed by atoms with van der Waals surface area (Å²) in [5.74, 6) is 2.19. The maximum absolute atomic E-state index is 11.0. The molecule has 1 saturated carbocycles. The predicted octanol–water partition coefficient (Wildman–Crippen LogP) is 4.37. The minimum absolute atomic E-state index is 0.358. The van der Waals surface area contributed by atoms with Crippen molar-refractivity contribution in [3.05, 3.63) is 108 Å². The van der Waals surface area contributed by atoms with Crippen LogP contribution in [0.2, 0.25) is 0 Å². The fourth-order valence-electron chi connectivity index (χ4n) is 4.06. The Labute approximate surface area is 189 Å². The van der Waals surface area contributed by atoms with Crippen molar-refractivity contribution in [1.82, 2.24) is 0 Å². The summed E-state index contributed by atoms with van der Waals surface area (Å²) in [4.78, 5) is 0. The van der Waals surface area contributed by atoms with E-state index in [0.29, 0.717) is 19.8 Å². The molecule has 32 heavy (non-hydrogen) atoms. The van der Waals surface area contributed by atoms with E-state index in [9.17, 15) is 5.11 Å². The van der Waals surface area contributed by atoms with E-state index in [0.717, 1.165) is 16.7 Å². The van der Waals surface area contributed by atoms with Crippen molar-refractivity contribution in [2.75, 3.05) is 0 Å². The number of aliphatic hydroxyl groups excluding tert-OH is 1. The first kappa shape index (κ1) is 22.3. The van der Waals surface area contributed by atoms with Gasteiger partial charge in [0.05, 0.1) is 31.8 Å². The lowest BCUT2D eigenvalue weighted by Crippen LogP contribution is -2.38. The molecule has 0 saturated heterocycles. The Morgan fingerprint density at radius 2 is 0.969 bits per heavy atom. The van der Waals surface area contributed by atoms with Gasteiger partial charge in [-0.1, -0.05) is 96.9 Å². The second-order valence-electron chi connectivity index (χ2n) is 7.97. The average molecular weight is 429 g/mol. The van der Waals surface area contributed by atoms with Crippen molar-refractivity contribution >= 4 is 0 Å². The highest BCUT2D eigenvalue weighted by Gasteiger charge is 2.52. The molecule has 4 rings (SSSR count). The van der Waals surface area contributed by atoms with E-state index in [1.807, 2.05) is 91.0 Å². The van der Waals surface area contributed by atoms with Crippen LogP contribution in [0.4, 0.5) is 0 Å². The summed E-state index contributed by atoms with van der Waals surface area (Å²) in [6.45, 7) is 1.12. The number of hydrogen-bond acceptors (Lipinski definition) is 4. The van der Waals surface area contributed by atoms with Gasteiger partial charge < -0.3 is 19.3 Å². The minimum Gasteiger partial charge on any atom is -0.389 e. The van der Waals surface area contributed by atoms with E-state index in [-0.39, 0.29) is 0 Å². The lowest BCUT2D eigenvalue weighted by molar-refractivity contribution is -0.133. The van der Waals surface area contributed by atoms with Gasteiger partial charge in [0.25, 0.3) is 0 Å². The van der Waals surface area contributed by atoms with Crippen LogP contribution in [0.3, 0.4) is 0 Å². The summed E-state index contributed by atoms with van der Waals surface area (Å²) >= 11 is 0. The van der Waals surface area contributed by atoms with Crippen molar-refractivity contribution in [3.63, 3.8) is 0 Å². The zero-order valence-electron chi connectivity index (χ0n) is 17.9. The van der Waals surface area contributed by atoms with Gasteiger partial charge in [0.2, 0.25) is 0 Å². The third kappa shape index (κ3) is 5.45. The molecule has 5 atom stereocenters. The Bertz CT molecular complexity index is 984. The van der Waals surface area contributed by atoms with Crippen LogP contribution in [0, 0.1) is 18.3 Å². The molecule has 0 spiro atoms. The molecule has 164 valence electrons. The first-order chi connectivity index (χ1) is 15.8. The number of hydrogen-bond donors (Lipinski definition) is 1. The Morgan fingerprint density at radius 1 is 0.594 bits per heavy atom. The van der Waals surface area contributed by atoms with Gasteiger partial charge in [-0.3, -0.25) is 0 Å². The smallest absolute Gasteiger partial charge is 0.114 e. The fourth-order valence-corrected chi connectivity index (χ4v) is 4.06. The van der Waals surface area contributed by atoms with E-state index in [4.69, 9.17) is 20.6 Å². The number of terminal acetylenes is 1. The highest BCUT2D eigenvalue weighted by atomic mass is 16.6. The summed E-state index contributed by atoms with van der Waals surface area (Å²) < 4.78 is 18.7. The molecule has 0 aliphatic heterocycles. The van der Waals surface area contributed by atoms with Crippen molar-refractivity contribution < 1.29 is 19.3 Å². The molecular weight excluding hydrogens is 400 g/mol. The summed E-state index contributed by atoms with van der Waals surface area (Å²) in [5, 5.41) is 11.0. The van der Waals surface area contributed by atoms with Gasteiger partial charge in [-0.2, -0.15) is 0 Å². The first-order valence-electron chi connectivity index (χ1n) is 10.9. The van der Waals surface area contributed by atoms with Crippen molar-refractivity contribution in [3.8, 4) is 12.3 Å². The molecule has 0 aromatic heterocycles. The van der Waals surface area contributed by atoms with Crippen LogP contribution in [0.1, 0.15) is 16.7 Å². The first-order valence-corrected chi connectivity index (χ1v) is 10.9. The van der Waals surface area contributed by atoms with E-state index in [1.54, 1.807) is 0 Å². The quantitative estimate of drug-likeness (QED) is 0.515. The SMILES string of the molecule is C#C[C@H]1[C@H](O)[C@H](OCc2ccccc2)[C@@H](OCc2ccccc2)[C@H]1OCc1ccccc1. The molecule has 4 nitrogen and oxygen atoms in total. The Balaban J connectivity index is 1.52. The molecule has 1 aliphatic carbocycles. The molecule has 0 unspecified atom stereocenters. The maximum Gasteiger partial charge on any atom is 0.114 e. The van der Waals surface area contributed by atoms with Crippen molar-refractivity contribution in [1.29, 1.82) is 0 Å². The largest absolute Gasteiger partial charge is 0.389 e. The van der Waals surface area contributed by atoms with Crippen LogP contribution in [0.15, 0.2) is 91.0 Å². The zero-order chi connectivity index (χ0) is 22.2. The third-order valence-electron chi connectivity index (χ3n) is 5.75. The topological polar surface area (TPSA) is 47.9 Å². The van der Waals surface area contributed by atoms with E-state index < -0.39 is 30.3 Å². The Hall–Kier alpha value is -2.94. The molecule has 0 bridgehead atoms. The van der Waals surface area contributed by atoms with Crippen LogP contribution < -0.4 is 0 Å². The molecule has 3 aromatic carbocycles. The molecule has 0 heterocycles. The fraction of sp³-hybridized carbons (Fsp3) is 0.286. The van der Waals surface area contributed by atoms with Gasteiger partial charge >= 0.3 is 0 Å². The average Bonchev–Trinajstić information content (AvgIpc) is 3.11. The second-order valence-corrected chi connectivity index (χ2v) is 7.97. The molecule has 3 aromatic rings. The van der Waals surface area contributed by atoms with Crippen molar-refractivity contribution in [2.45, 2.75) is 44.2 Å². The highest BCUT2D eigenvalue weighted by Crippen LogP contribution is 2.35. The molecule has 1 aliphatic rings. The second kappa shape index (κ2) is 11.1. The predicted molar refractivity (Wildman–Crippen MR) is 123 cm³/mol. The van der Waals surface area contributed by atoms with Gasteiger partial charge in [-0.15, -0.1) is 6.42 Å². The summed E-state index contributed by atoms with van der Waals surface area (Å²) in [7, 11) is 0. The monoisotopic (exact) mass is 428 g/mol. The third-order valence-corrected chi connectivity index (χ3v) is 5.75. The molecule has 0 radical (unpaired) electrons. The van der Waals surface area contributed by atoms with Gasteiger partial charge in [0, 0.05) is 0 Å². The minimum atomic E-state index is -0.884. The van der Waals surface area contributed by atoms with Gasteiger partial charge in [0.15, 0.2) is 0 Å². The lowest BCUT2D eigenvalue weighted by atomic mass is 10.0. The van der Waals surface area contributed by atoms with Crippen LogP contribution in [0.5, 0.6) is 0 Å². The molecule has 1 fully saturated rings. The van der Waals surface area contributed by atoms with E-state index >= 15 is 0 Å². The van der Waals surface area contributed by atoms with E-state index in [2.05, 4.69) is 5.92 Å². The molecule has 0 amide bonds. The summed E-state index contributed by atoms with van der Waals surface area (Å²) in [6, 6.07) is 29.7. The Morgan fingerprint density at radius 3 is 1.38 bits per heavy atom. The number of benzene rings is 3. The van der Waals surface area contributed by atoms with Crippen LogP contribution in [0.25, 0.3) is 0 Å². The summed E-state index contributed by atoms with van der Waals surface area (Å²) in [5.41, 5.74) is 3.09. The van der Waals surface area contributed by atoms with Gasteiger partial charge in [0.1, 0.15) is 18.3 Å². The van der Waals surface area contributed by atoms with Crippen molar-refractivity contribution in [2.24, 2.45) is 5.92 Å². The van der Waals surface area contributed by atoms with Crippen LogP contribution in [-0.4, -0.2) is 29.5 Å². The molecule has 4 heteroatoms. The zero-order valence-corrected chi connectivity index (χ0v) is 17.9. The number of ether oxygens (including phenoxy) is 3. The number of aliphatic hydroxyl groups is 1. The van der Waals surface area contributed by atoms with Crippen LogP contribution in [-0.2, 0) is 34.0 Å². The highest BCUT2D eigenvalue weighted by molar-refractivity contribution is 5.18. The number of rotatable bonds is 9. The lowest BCUT2D eigenvalue weighted by Gasteiger charge is -2.26. The van der Waals surface area contributed by atoms with Gasteiger partial charge in [-0.25, -0.2) is 0 Å². The maximum atomic E-state index is 11.0. The molecular formula is C28H28O4. The summed E-state index contributed by atoms with van der Waals surface area (Å²) in [6.07, 6.45) is 3.35. The standard InChI is InChI=1S/C28H28O4/c1-2-24-25(29)27(31-19-22-14-8-4-9-15-22)28(32-20-23-16-10-5-11-17-23)26(24)30-18-21-12-6-3-7-13-21/h1,3-17,24-29H,18-20H2/t24-,25-,26-,27-,28-/m0/s1. The Kier molecular flexibility index (Phi) is 7.71.